The summed E-state index contributed by atoms with van der Waals surface area (Å²) in [7, 11) is 1.64. The van der Waals surface area contributed by atoms with Crippen molar-refractivity contribution in [1.29, 1.82) is 0 Å². The monoisotopic (exact) mass is 308 g/mol. The molecule has 1 unspecified atom stereocenters. The van der Waals surface area contributed by atoms with Crippen LogP contribution in [0.3, 0.4) is 0 Å². The third kappa shape index (κ3) is 3.82. The van der Waals surface area contributed by atoms with Gasteiger partial charge in [-0.3, -0.25) is 4.79 Å². The van der Waals surface area contributed by atoms with E-state index in [0.29, 0.717) is 31.1 Å². The molecule has 0 spiro atoms. The fraction of sp³-hybridized carbons (Fsp3) is 0.625. The van der Waals surface area contributed by atoms with Crippen LogP contribution in [0.15, 0.2) is 18.2 Å². The molecule has 2 N–H and O–H groups in total. The first-order chi connectivity index (χ1) is 10.6. The van der Waals surface area contributed by atoms with E-state index in [1.807, 2.05) is 0 Å². The highest BCUT2D eigenvalue weighted by atomic mass is 16.5. The number of methoxy groups -OCH3 is 1. The first-order valence-electron chi connectivity index (χ1n) is 7.60. The van der Waals surface area contributed by atoms with Gasteiger partial charge in [0.05, 0.1) is 18.9 Å². The molecular weight excluding hydrogens is 284 g/mol. The van der Waals surface area contributed by atoms with Crippen molar-refractivity contribution in [2.75, 3.05) is 33.4 Å². The Morgan fingerprint density at radius 1 is 1.45 bits per heavy atom. The number of piperidine rings is 1. The van der Waals surface area contributed by atoms with E-state index in [0.717, 1.165) is 19.3 Å². The molecule has 0 aromatic carbocycles. The molecule has 6 nitrogen and oxygen atoms in total. The van der Waals surface area contributed by atoms with E-state index in [1.54, 1.807) is 30.2 Å². The zero-order chi connectivity index (χ0) is 16.0. The zero-order valence-electron chi connectivity index (χ0n) is 13.0. The molecule has 1 amide bonds. The zero-order valence-corrected chi connectivity index (χ0v) is 13.0. The molecule has 22 heavy (non-hydrogen) atoms. The van der Waals surface area contributed by atoms with Crippen LogP contribution < -0.4 is 0 Å². The maximum Gasteiger partial charge on any atom is 0.272 e. The molecule has 2 heterocycles. The SMILES string of the molecule is COCCC1(CO)CCCN(C(=O)c2cccc(CO)n2)C1. The number of nitrogens with zero attached hydrogens (tertiary/aromatic N) is 2. The Morgan fingerprint density at radius 3 is 2.95 bits per heavy atom. The topological polar surface area (TPSA) is 82.9 Å². The largest absolute Gasteiger partial charge is 0.396 e. The lowest BCUT2D eigenvalue weighted by Gasteiger charge is -2.41. The van der Waals surface area contributed by atoms with Crippen molar-refractivity contribution in [3.63, 3.8) is 0 Å². The third-order valence-corrected chi connectivity index (χ3v) is 4.31. The molecule has 0 radical (unpaired) electrons. The first kappa shape index (κ1) is 16.9. The molecule has 122 valence electrons. The molecule has 6 heteroatoms. The standard InChI is InChI=1S/C16H24N2O4/c1-22-9-7-16(12-20)6-3-8-18(11-16)15(21)14-5-2-4-13(10-19)17-14/h2,4-5,19-20H,3,6-12H2,1H3. The van der Waals surface area contributed by atoms with E-state index in [1.165, 1.54) is 0 Å². The van der Waals surface area contributed by atoms with Gasteiger partial charge >= 0.3 is 0 Å². The minimum Gasteiger partial charge on any atom is -0.396 e. The fourth-order valence-corrected chi connectivity index (χ4v) is 2.96. The van der Waals surface area contributed by atoms with Gasteiger partial charge < -0.3 is 19.8 Å². The smallest absolute Gasteiger partial charge is 0.272 e. The molecular formula is C16H24N2O4. The van der Waals surface area contributed by atoms with Crippen molar-refractivity contribution < 1.29 is 19.7 Å². The molecule has 0 saturated carbocycles. The second-order valence-electron chi connectivity index (χ2n) is 5.90. The average Bonchev–Trinajstić information content (AvgIpc) is 2.59. The van der Waals surface area contributed by atoms with Crippen LogP contribution in [0.5, 0.6) is 0 Å². The maximum atomic E-state index is 12.6. The number of amides is 1. The van der Waals surface area contributed by atoms with Crippen LogP contribution in [0, 0.1) is 5.41 Å². The van der Waals surface area contributed by atoms with Crippen molar-refractivity contribution >= 4 is 5.91 Å². The highest BCUT2D eigenvalue weighted by Crippen LogP contribution is 2.33. The number of pyridine rings is 1. The van der Waals surface area contributed by atoms with Crippen molar-refractivity contribution in [2.24, 2.45) is 5.41 Å². The number of carbonyl (C=O) groups is 1. The van der Waals surface area contributed by atoms with Gasteiger partial charge in [0.15, 0.2) is 0 Å². The predicted molar refractivity (Wildman–Crippen MR) is 81.3 cm³/mol. The maximum absolute atomic E-state index is 12.6. The van der Waals surface area contributed by atoms with Crippen molar-refractivity contribution in [3.05, 3.63) is 29.6 Å². The summed E-state index contributed by atoms with van der Waals surface area (Å²) in [6.07, 6.45) is 2.48. The summed E-state index contributed by atoms with van der Waals surface area (Å²) in [5.74, 6) is -0.148. The van der Waals surface area contributed by atoms with Crippen LogP contribution in [-0.4, -0.2) is 59.4 Å². The number of hydrogen-bond acceptors (Lipinski definition) is 5. The summed E-state index contributed by atoms with van der Waals surface area (Å²) >= 11 is 0. The Hall–Kier alpha value is -1.50. The highest BCUT2D eigenvalue weighted by molar-refractivity contribution is 5.92. The van der Waals surface area contributed by atoms with Crippen LogP contribution >= 0.6 is 0 Å². The van der Waals surface area contributed by atoms with Gasteiger partial charge in [0.1, 0.15) is 5.69 Å². The number of hydrogen-bond donors (Lipinski definition) is 2. The minimum atomic E-state index is -0.293. The molecule has 1 aromatic rings. The van der Waals surface area contributed by atoms with Gasteiger partial charge in [0.25, 0.3) is 5.91 Å². The number of carbonyl (C=O) groups excluding carboxylic acids is 1. The lowest BCUT2D eigenvalue weighted by molar-refractivity contribution is 0.00871. The van der Waals surface area contributed by atoms with Crippen LogP contribution in [0.4, 0.5) is 0 Å². The number of aromatic nitrogens is 1. The normalized spacial score (nSPS) is 21.9. The Labute approximate surface area is 130 Å². The Kier molecular flexibility index (Phi) is 5.88. The second-order valence-corrected chi connectivity index (χ2v) is 5.90. The van der Waals surface area contributed by atoms with Crippen molar-refractivity contribution in [2.45, 2.75) is 25.9 Å². The van der Waals surface area contributed by atoms with Crippen LogP contribution in [0.1, 0.15) is 35.4 Å². The van der Waals surface area contributed by atoms with Crippen LogP contribution in [0.25, 0.3) is 0 Å². The molecule has 1 aromatic heterocycles. The van der Waals surface area contributed by atoms with E-state index in [9.17, 15) is 9.90 Å². The lowest BCUT2D eigenvalue weighted by Crippen LogP contribution is -2.48. The number of likely N-dealkylation sites (tertiary alicyclic amines) is 1. The summed E-state index contributed by atoms with van der Waals surface area (Å²) < 4.78 is 5.13. The number of rotatable bonds is 6. The summed E-state index contributed by atoms with van der Waals surface area (Å²) in [5, 5.41) is 18.9. The number of aliphatic hydroxyl groups is 2. The molecule has 1 aliphatic rings. The van der Waals surface area contributed by atoms with Gasteiger partial charge in [-0.25, -0.2) is 4.98 Å². The van der Waals surface area contributed by atoms with Gasteiger partial charge in [0, 0.05) is 32.2 Å². The second kappa shape index (κ2) is 7.67. The molecule has 1 atom stereocenters. The van der Waals surface area contributed by atoms with Gasteiger partial charge in [-0.2, -0.15) is 0 Å². The van der Waals surface area contributed by atoms with Crippen molar-refractivity contribution in [3.8, 4) is 0 Å². The van der Waals surface area contributed by atoms with E-state index >= 15 is 0 Å². The summed E-state index contributed by atoms with van der Waals surface area (Å²) in [4.78, 5) is 18.5. The van der Waals surface area contributed by atoms with E-state index < -0.39 is 0 Å². The van der Waals surface area contributed by atoms with Gasteiger partial charge in [-0.15, -0.1) is 0 Å². The van der Waals surface area contributed by atoms with Gasteiger partial charge in [-0.1, -0.05) is 6.07 Å². The quantitative estimate of drug-likeness (QED) is 0.813. The summed E-state index contributed by atoms with van der Waals surface area (Å²) in [5.41, 5.74) is 0.529. The van der Waals surface area contributed by atoms with E-state index in [4.69, 9.17) is 9.84 Å². The average molecular weight is 308 g/mol. The Balaban J connectivity index is 2.11. The fourth-order valence-electron chi connectivity index (χ4n) is 2.96. The Morgan fingerprint density at radius 2 is 2.27 bits per heavy atom. The molecule has 0 aliphatic carbocycles. The number of ether oxygens (including phenoxy) is 1. The molecule has 1 fully saturated rings. The first-order valence-corrected chi connectivity index (χ1v) is 7.60. The van der Waals surface area contributed by atoms with Gasteiger partial charge in [0.2, 0.25) is 0 Å². The third-order valence-electron chi connectivity index (χ3n) is 4.31. The van der Waals surface area contributed by atoms with Gasteiger partial charge in [-0.05, 0) is 31.4 Å². The van der Waals surface area contributed by atoms with Crippen molar-refractivity contribution in [1.82, 2.24) is 9.88 Å². The number of aliphatic hydroxyl groups excluding tert-OH is 2. The van der Waals surface area contributed by atoms with E-state index in [-0.39, 0.29) is 24.5 Å². The van der Waals surface area contributed by atoms with Crippen LogP contribution in [0.2, 0.25) is 0 Å². The Bertz CT molecular complexity index is 509. The van der Waals surface area contributed by atoms with Crippen LogP contribution in [-0.2, 0) is 11.3 Å². The summed E-state index contributed by atoms with van der Waals surface area (Å²) in [6.45, 7) is 1.61. The lowest BCUT2D eigenvalue weighted by atomic mass is 9.78. The molecule has 0 bridgehead atoms. The van der Waals surface area contributed by atoms with E-state index in [2.05, 4.69) is 4.98 Å². The minimum absolute atomic E-state index is 0.0459. The highest BCUT2D eigenvalue weighted by Gasteiger charge is 2.36. The molecule has 2 rings (SSSR count). The molecule has 1 aliphatic heterocycles. The summed E-state index contributed by atoms with van der Waals surface area (Å²) in [6, 6.07) is 5.06. The molecule has 1 saturated heterocycles. The predicted octanol–water partition coefficient (Wildman–Crippen LogP) is 0.825.